The summed E-state index contributed by atoms with van der Waals surface area (Å²) in [5, 5.41) is 0. The maximum absolute atomic E-state index is 12.4. The number of aryl methyl sites for hydroxylation is 1. The van der Waals surface area contributed by atoms with E-state index in [1.807, 2.05) is 12.1 Å². The van der Waals surface area contributed by atoms with Gasteiger partial charge in [-0.2, -0.15) is 4.31 Å². The lowest BCUT2D eigenvalue weighted by atomic mass is 10.1. The van der Waals surface area contributed by atoms with Crippen LogP contribution in [0.25, 0.3) is 0 Å². The van der Waals surface area contributed by atoms with Crippen LogP contribution in [0.15, 0.2) is 24.3 Å². The fourth-order valence-electron chi connectivity index (χ4n) is 3.24. The van der Waals surface area contributed by atoms with Gasteiger partial charge in [-0.25, -0.2) is 8.42 Å². The molecule has 1 atom stereocenters. The topological polar surface area (TPSA) is 57.7 Å². The first-order chi connectivity index (χ1) is 9.99. The summed E-state index contributed by atoms with van der Waals surface area (Å²) in [7, 11) is -1.44. The van der Waals surface area contributed by atoms with E-state index in [1.54, 1.807) is 11.9 Å². The van der Waals surface area contributed by atoms with E-state index in [0.717, 1.165) is 12.8 Å². The second-order valence-electron chi connectivity index (χ2n) is 5.76. The molecule has 21 heavy (non-hydrogen) atoms. The fourth-order valence-corrected chi connectivity index (χ4v) is 4.71. The third-order valence-corrected chi connectivity index (χ3v) is 6.38. The number of fused-ring (bicyclic) bond motifs is 1. The van der Waals surface area contributed by atoms with Crippen LogP contribution in [0.2, 0.25) is 0 Å². The van der Waals surface area contributed by atoms with Gasteiger partial charge in [0.1, 0.15) is 0 Å². The Morgan fingerprint density at radius 3 is 2.86 bits per heavy atom. The highest BCUT2D eigenvalue weighted by atomic mass is 32.2. The van der Waals surface area contributed by atoms with Gasteiger partial charge < -0.3 is 4.90 Å². The first-order valence-electron chi connectivity index (χ1n) is 7.30. The third-order valence-electron chi connectivity index (χ3n) is 4.48. The highest BCUT2D eigenvalue weighted by Crippen LogP contribution is 2.34. The molecule has 6 heteroatoms. The maximum Gasteiger partial charge on any atom is 0.238 e. The van der Waals surface area contributed by atoms with Gasteiger partial charge in [-0.1, -0.05) is 24.3 Å². The Morgan fingerprint density at radius 1 is 1.38 bits per heavy atom. The second kappa shape index (κ2) is 5.42. The van der Waals surface area contributed by atoms with Gasteiger partial charge in [0.05, 0.1) is 18.3 Å². The maximum atomic E-state index is 12.4. The van der Waals surface area contributed by atoms with Crippen molar-refractivity contribution in [2.45, 2.75) is 25.3 Å². The Balaban J connectivity index is 1.71. The summed E-state index contributed by atoms with van der Waals surface area (Å²) in [6.07, 6.45) is 2.50. The summed E-state index contributed by atoms with van der Waals surface area (Å²) in [6.45, 7) is 0.431. The van der Waals surface area contributed by atoms with Crippen molar-refractivity contribution in [1.29, 1.82) is 0 Å². The highest BCUT2D eigenvalue weighted by Gasteiger charge is 2.33. The molecule has 1 aromatic rings. The minimum Gasteiger partial charge on any atom is -0.338 e. The van der Waals surface area contributed by atoms with E-state index >= 15 is 0 Å². The molecule has 1 saturated heterocycles. The van der Waals surface area contributed by atoms with E-state index in [-0.39, 0.29) is 24.2 Å². The number of benzene rings is 1. The van der Waals surface area contributed by atoms with E-state index in [9.17, 15) is 13.2 Å². The van der Waals surface area contributed by atoms with E-state index in [0.29, 0.717) is 13.0 Å². The molecule has 0 saturated carbocycles. The molecule has 0 unspecified atom stereocenters. The summed E-state index contributed by atoms with van der Waals surface area (Å²) < 4.78 is 24.9. The largest absolute Gasteiger partial charge is 0.338 e. The molecule has 1 aliphatic carbocycles. The number of rotatable bonds is 3. The molecule has 0 bridgehead atoms. The quantitative estimate of drug-likeness (QED) is 0.842. The molecular weight excluding hydrogens is 288 g/mol. The molecule has 5 nitrogen and oxygen atoms in total. The van der Waals surface area contributed by atoms with Gasteiger partial charge in [-0.05, 0) is 30.4 Å². The minimum atomic E-state index is -3.21. The summed E-state index contributed by atoms with van der Waals surface area (Å²) >= 11 is 0. The van der Waals surface area contributed by atoms with Crippen molar-refractivity contribution < 1.29 is 13.2 Å². The Kier molecular flexibility index (Phi) is 3.75. The van der Waals surface area contributed by atoms with Crippen LogP contribution in [-0.4, -0.2) is 49.4 Å². The van der Waals surface area contributed by atoms with Crippen molar-refractivity contribution >= 4 is 15.9 Å². The van der Waals surface area contributed by atoms with Crippen molar-refractivity contribution in [3.05, 3.63) is 35.4 Å². The van der Waals surface area contributed by atoms with Crippen LogP contribution < -0.4 is 0 Å². The number of hydrogen-bond donors (Lipinski definition) is 0. The number of carbonyl (C=O) groups is 1. The number of likely N-dealkylation sites (N-methyl/N-ethyl adjacent to an activating group) is 1. The molecule has 1 heterocycles. The first kappa shape index (κ1) is 14.5. The van der Waals surface area contributed by atoms with Gasteiger partial charge in [-0.3, -0.25) is 4.79 Å². The second-order valence-corrected chi connectivity index (χ2v) is 7.85. The third kappa shape index (κ3) is 2.70. The number of carbonyl (C=O) groups excluding carboxylic acids is 1. The number of sulfonamides is 1. The summed E-state index contributed by atoms with van der Waals surface area (Å²) in [5.41, 5.74) is 2.48. The lowest BCUT2D eigenvalue weighted by Crippen LogP contribution is -2.40. The molecule has 0 aromatic heterocycles. The Hall–Kier alpha value is -1.40. The van der Waals surface area contributed by atoms with Gasteiger partial charge in [0, 0.05) is 13.6 Å². The van der Waals surface area contributed by atoms with E-state index in [2.05, 4.69) is 12.1 Å². The predicted molar refractivity (Wildman–Crippen MR) is 80.3 cm³/mol. The molecule has 2 aliphatic rings. The Bertz CT molecular complexity index is 657. The molecule has 0 spiro atoms. The van der Waals surface area contributed by atoms with Crippen LogP contribution in [0.3, 0.4) is 0 Å². The lowest BCUT2D eigenvalue weighted by molar-refractivity contribution is -0.132. The summed E-state index contributed by atoms with van der Waals surface area (Å²) in [6, 6.07) is 8.22. The van der Waals surface area contributed by atoms with Gasteiger partial charge in [-0.15, -0.1) is 0 Å². The van der Waals surface area contributed by atoms with Crippen LogP contribution in [0, 0.1) is 0 Å². The van der Waals surface area contributed by atoms with Crippen molar-refractivity contribution in [2.24, 2.45) is 0 Å². The first-order valence-corrected chi connectivity index (χ1v) is 8.91. The molecular formula is C15H20N2O3S. The van der Waals surface area contributed by atoms with Crippen molar-refractivity contribution in [2.75, 3.05) is 25.9 Å². The monoisotopic (exact) mass is 308 g/mol. The van der Waals surface area contributed by atoms with Gasteiger partial charge in [0.2, 0.25) is 15.9 Å². The normalized spacial score (nSPS) is 24.0. The fraction of sp³-hybridized carbons (Fsp3) is 0.533. The minimum absolute atomic E-state index is 0.0303. The molecule has 1 aliphatic heterocycles. The summed E-state index contributed by atoms with van der Waals surface area (Å²) in [5.74, 6) is 0.0400. The zero-order valence-corrected chi connectivity index (χ0v) is 13.0. The zero-order chi connectivity index (χ0) is 15.0. The molecule has 0 N–H and O–H groups in total. The van der Waals surface area contributed by atoms with Crippen molar-refractivity contribution in [1.82, 2.24) is 9.21 Å². The predicted octanol–water partition coefficient (Wildman–Crippen LogP) is 1.17. The standard InChI is InChI=1S/C15H20N2O3S/c1-16(14-8-7-12-5-2-3-6-13(12)14)15(18)11-17-9-4-10-21(17,19)20/h2-3,5-6,14H,4,7-11H2,1H3/t14-/m1/s1. The smallest absolute Gasteiger partial charge is 0.238 e. The van der Waals surface area contributed by atoms with Crippen LogP contribution in [0.4, 0.5) is 0 Å². The summed E-state index contributed by atoms with van der Waals surface area (Å²) in [4.78, 5) is 14.1. The van der Waals surface area contributed by atoms with Crippen LogP contribution in [-0.2, 0) is 21.2 Å². The highest BCUT2D eigenvalue weighted by molar-refractivity contribution is 7.89. The van der Waals surface area contributed by atoms with Crippen LogP contribution in [0.1, 0.15) is 30.0 Å². The molecule has 3 rings (SSSR count). The Labute approximate surface area is 125 Å². The van der Waals surface area contributed by atoms with Gasteiger partial charge in [0.15, 0.2) is 0 Å². The SMILES string of the molecule is CN(C(=O)CN1CCCS1(=O)=O)[C@@H]1CCc2ccccc21. The van der Waals surface area contributed by atoms with Crippen molar-refractivity contribution in [3.63, 3.8) is 0 Å². The van der Waals surface area contributed by atoms with Crippen molar-refractivity contribution in [3.8, 4) is 0 Å². The molecule has 1 fully saturated rings. The van der Waals surface area contributed by atoms with Crippen LogP contribution >= 0.6 is 0 Å². The average Bonchev–Trinajstić information content (AvgIpc) is 3.02. The van der Waals surface area contributed by atoms with E-state index < -0.39 is 10.0 Å². The number of amides is 1. The van der Waals surface area contributed by atoms with E-state index in [1.165, 1.54) is 15.4 Å². The molecule has 114 valence electrons. The zero-order valence-electron chi connectivity index (χ0n) is 12.2. The number of nitrogens with zero attached hydrogens (tertiary/aromatic N) is 2. The van der Waals surface area contributed by atoms with E-state index in [4.69, 9.17) is 0 Å². The molecule has 1 aromatic carbocycles. The molecule has 1 amide bonds. The van der Waals surface area contributed by atoms with Crippen LogP contribution in [0.5, 0.6) is 0 Å². The van der Waals surface area contributed by atoms with Gasteiger partial charge in [0.25, 0.3) is 0 Å². The number of hydrogen-bond acceptors (Lipinski definition) is 3. The lowest BCUT2D eigenvalue weighted by Gasteiger charge is -2.27. The molecule has 0 radical (unpaired) electrons. The Morgan fingerprint density at radius 2 is 2.14 bits per heavy atom. The average molecular weight is 308 g/mol. The van der Waals surface area contributed by atoms with Gasteiger partial charge >= 0.3 is 0 Å².